The third-order valence-electron chi connectivity index (χ3n) is 4.43. The van der Waals surface area contributed by atoms with Crippen LogP contribution in [0.15, 0.2) is 10.5 Å². The van der Waals surface area contributed by atoms with Crippen LogP contribution in [0.1, 0.15) is 59.1 Å². The van der Waals surface area contributed by atoms with Crippen LogP contribution < -0.4 is 5.73 Å². The number of thiazole rings is 1. The predicted molar refractivity (Wildman–Crippen MR) is 96.0 cm³/mol. The van der Waals surface area contributed by atoms with Crippen LogP contribution in [0.3, 0.4) is 0 Å². The SMILES string of the molecule is CCOC(=O)C(=NO[C@H]1CC[C@H](C(C)(C)C)CC1)c1csc(N)n1. The first-order valence-electron chi connectivity index (χ1n) is 8.43. The average molecular weight is 353 g/mol. The molecule has 1 aromatic rings. The summed E-state index contributed by atoms with van der Waals surface area (Å²) in [5, 5.41) is 6.14. The molecule has 1 aromatic heterocycles. The van der Waals surface area contributed by atoms with Crippen LogP contribution in [0.2, 0.25) is 0 Å². The number of anilines is 1. The van der Waals surface area contributed by atoms with E-state index in [-0.39, 0.29) is 18.4 Å². The molecule has 1 fully saturated rings. The highest BCUT2D eigenvalue weighted by Gasteiger charge is 2.31. The molecule has 0 bridgehead atoms. The van der Waals surface area contributed by atoms with Gasteiger partial charge in [0.1, 0.15) is 11.8 Å². The lowest BCUT2D eigenvalue weighted by Gasteiger charge is -2.36. The zero-order valence-electron chi connectivity index (χ0n) is 14.9. The summed E-state index contributed by atoms with van der Waals surface area (Å²) >= 11 is 1.26. The summed E-state index contributed by atoms with van der Waals surface area (Å²) in [5.74, 6) is 0.162. The smallest absolute Gasteiger partial charge is 0.362 e. The average Bonchev–Trinajstić information content (AvgIpc) is 2.93. The van der Waals surface area contributed by atoms with Crippen molar-refractivity contribution in [1.29, 1.82) is 0 Å². The maximum absolute atomic E-state index is 12.1. The van der Waals surface area contributed by atoms with Crippen molar-refractivity contribution < 1.29 is 14.4 Å². The summed E-state index contributed by atoms with van der Waals surface area (Å²) in [5.41, 5.74) is 6.45. The number of esters is 1. The van der Waals surface area contributed by atoms with E-state index < -0.39 is 5.97 Å². The van der Waals surface area contributed by atoms with Crippen molar-refractivity contribution in [2.45, 2.75) is 59.5 Å². The fraction of sp³-hybridized carbons (Fsp3) is 0.706. The Kier molecular flexibility index (Phi) is 6.21. The molecule has 0 radical (unpaired) electrons. The summed E-state index contributed by atoms with van der Waals surface area (Å²) in [6.07, 6.45) is 4.15. The lowest BCUT2D eigenvalue weighted by molar-refractivity contribution is -0.135. The van der Waals surface area contributed by atoms with Gasteiger partial charge in [-0.05, 0) is 43.9 Å². The number of nitrogens with two attached hydrogens (primary N) is 1. The Morgan fingerprint density at radius 2 is 2.04 bits per heavy atom. The van der Waals surface area contributed by atoms with Gasteiger partial charge in [-0.1, -0.05) is 25.9 Å². The van der Waals surface area contributed by atoms with Gasteiger partial charge in [0.25, 0.3) is 0 Å². The van der Waals surface area contributed by atoms with E-state index in [9.17, 15) is 4.79 Å². The summed E-state index contributed by atoms with van der Waals surface area (Å²) in [6, 6.07) is 0. The molecule has 0 spiro atoms. The normalized spacial score (nSPS) is 22.2. The maximum atomic E-state index is 12.1. The number of nitrogen functional groups attached to an aromatic ring is 1. The van der Waals surface area contributed by atoms with Gasteiger partial charge in [0.2, 0.25) is 5.71 Å². The molecule has 0 amide bonds. The van der Waals surface area contributed by atoms with Gasteiger partial charge in [0.05, 0.1) is 6.61 Å². The topological polar surface area (TPSA) is 86.8 Å². The van der Waals surface area contributed by atoms with Crippen molar-refractivity contribution >= 4 is 28.1 Å². The van der Waals surface area contributed by atoms with Crippen LogP contribution in [0.25, 0.3) is 0 Å². The second kappa shape index (κ2) is 7.96. The molecule has 0 aliphatic heterocycles. The van der Waals surface area contributed by atoms with Gasteiger partial charge in [0, 0.05) is 5.38 Å². The van der Waals surface area contributed by atoms with E-state index in [1.165, 1.54) is 11.3 Å². The van der Waals surface area contributed by atoms with Crippen LogP contribution in [0.5, 0.6) is 0 Å². The number of rotatable bonds is 5. The van der Waals surface area contributed by atoms with E-state index in [1.807, 2.05) is 0 Å². The van der Waals surface area contributed by atoms with E-state index in [0.717, 1.165) is 25.7 Å². The van der Waals surface area contributed by atoms with Crippen molar-refractivity contribution in [3.8, 4) is 0 Å². The Labute approximate surface area is 147 Å². The molecule has 0 unspecified atom stereocenters. The molecule has 1 aliphatic carbocycles. The number of hydrogen-bond acceptors (Lipinski definition) is 7. The molecule has 134 valence electrons. The predicted octanol–water partition coefficient (Wildman–Crippen LogP) is 3.61. The number of aromatic nitrogens is 1. The molecule has 24 heavy (non-hydrogen) atoms. The maximum Gasteiger partial charge on any atom is 0.362 e. The minimum atomic E-state index is -0.536. The van der Waals surface area contributed by atoms with Crippen LogP contribution >= 0.6 is 11.3 Å². The quantitative estimate of drug-likeness (QED) is 0.496. The van der Waals surface area contributed by atoms with E-state index in [2.05, 4.69) is 30.9 Å². The molecule has 1 heterocycles. The van der Waals surface area contributed by atoms with Gasteiger partial charge in [-0.3, -0.25) is 0 Å². The molecular formula is C17H27N3O3S. The number of nitrogens with zero attached hydrogens (tertiary/aromatic N) is 2. The van der Waals surface area contributed by atoms with Gasteiger partial charge in [-0.15, -0.1) is 11.3 Å². The van der Waals surface area contributed by atoms with Gasteiger partial charge >= 0.3 is 5.97 Å². The van der Waals surface area contributed by atoms with Crippen LogP contribution in [-0.2, 0) is 14.4 Å². The van der Waals surface area contributed by atoms with Crippen molar-refractivity contribution in [3.63, 3.8) is 0 Å². The fourth-order valence-corrected chi connectivity index (χ4v) is 3.49. The first kappa shape index (κ1) is 18.7. The van der Waals surface area contributed by atoms with Gasteiger partial charge in [0.15, 0.2) is 5.13 Å². The Morgan fingerprint density at radius 1 is 1.38 bits per heavy atom. The standard InChI is InChI=1S/C17H27N3O3S/c1-5-22-15(21)14(13-10-24-16(18)19-13)20-23-12-8-6-11(7-9-12)17(2,3)4/h10-12H,5-9H2,1-4H3,(H2,18,19)/t11-,12-. The van der Waals surface area contributed by atoms with Crippen molar-refractivity contribution in [2.24, 2.45) is 16.5 Å². The van der Waals surface area contributed by atoms with Crippen LogP contribution in [-0.4, -0.2) is 29.4 Å². The molecule has 6 nitrogen and oxygen atoms in total. The number of hydrogen-bond donors (Lipinski definition) is 1. The summed E-state index contributed by atoms with van der Waals surface area (Å²) in [7, 11) is 0. The highest BCUT2D eigenvalue weighted by atomic mass is 32.1. The highest BCUT2D eigenvalue weighted by molar-refractivity contribution is 7.13. The molecule has 0 saturated heterocycles. The van der Waals surface area contributed by atoms with E-state index >= 15 is 0 Å². The fourth-order valence-electron chi connectivity index (χ4n) is 2.95. The lowest BCUT2D eigenvalue weighted by atomic mass is 9.72. The highest BCUT2D eigenvalue weighted by Crippen LogP contribution is 2.38. The molecule has 1 saturated carbocycles. The lowest BCUT2D eigenvalue weighted by Crippen LogP contribution is -2.29. The summed E-state index contributed by atoms with van der Waals surface area (Å²) in [6.45, 7) is 8.86. The molecular weight excluding hydrogens is 326 g/mol. The Bertz CT molecular complexity index is 584. The monoisotopic (exact) mass is 353 g/mol. The van der Waals surface area contributed by atoms with Gasteiger partial charge in [-0.2, -0.15) is 0 Å². The van der Waals surface area contributed by atoms with E-state index in [1.54, 1.807) is 12.3 Å². The number of carbonyl (C=O) groups excluding carboxylic acids is 1. The Hall–Kier alpha value is -1.63. The molecule has 0 atom stereocenters. The number of oxime groups is 1. The first-order valence-corrected chi connectivity index (χ1v) is 9.31. The minimum absolute atomic E-state index is 0.0315. The van der Waals surface area contributed by atoms with Crippen LogP contribution in [0.4, 0.5) is 5.13 Å². The van der Waals surface area contributed by atoms with Crippen molar-refractivity contribution in [3.05, 3.63) is 11.1 Å². The summed E-state index contributed by atoms with van der Waals surface area (Å²) in [4.78, 5) is 21.9. The zero-order valence-corrected chi connectivity index (χ0v) is 15.7. The minimum Gasteiger partial charge on any atom is -0.461 e. The summed E-state index contributed by atoms with van der Waals surface area (Å²) < 4.78 is 5.04. The Balaban J connectivity index is 2.02. The van der Waals surface area contributed by atoms with Crippen molar-refractivity contribution in [2.75, 3.05) is 12.3 Å². The van der Waals surface area contributed by atoms with E-state index in [0.29, 0.717) is 22.2 Å². The Morgan fingerprint density at radius 3 is 2.54 bits per heavy atom. The third kappa shape index (κ3) is 4.93. The zero-order chi connectivity index (χ0) is 17.7. The molecule has 7 heteroatoms. The largest absolute Gasteiger partial charge is 0.461 e. The van der Waals surface area contributed by atoms with Crippen LogP contribution in [0, 0.1) is 11.3 Å². The van der Waals surface area contributed by atoms with Gasteiger partial charge in [-0.25, -0.2) is 9.78 Å². The number of ether oxygens (including phenoxy) is 1. The third-order valence-corrected chi connectivity index (χ3v) is 5.10. The number of carbonyl (C=O) groups is 1. The molecule has 2 N–H and O–H groups in total. The van der Waals surface area contributed by atoms with Crippen molar-refractivity contribution in [1.82, 2.24) is 4.98 Å². The van der Waals surface area contributed by atoms with E-state index in [4.69, 9.17) is 15.3 Å². The second-order valence-electron chi connectivity index (χ2n) is 7.18. The first-order chi connectivity index (χ1) is 11.3. The second-order valence-corrected chi connectivity index (χ2v) is 8.07. The molecule has 0 aromatic carbocycles. The molecule has 2 rings (SSSR count). The molecule has 1 aliphatic rings. The van der Waals surface area contributed by atoms with Gasteiger partial charge < -0.3 is 15.3 Å².